The van der Waals surface area contributed by atoms with E-state index >= 15 is 0 Å². The van der Waals surface area contributed by atoms with Crippen molar-refractivity contribution in [2.75, 3.05) is 19.5 Å². The van der Waals surface area contributed by atoms with E-state index < -0.39 is 6.09 Å². The third kappa shape index (κ3) is 6.14. The molecule has 0 aromatic heterocycles. The van der Waals surface area contributed by atoms with Crippen LogP contribution in [0.4, 0.5) is 14.9 Å². The molecule has 0 aliphatic rings. The molecule has 0 saturated carbocycles. The summed E-state index contributed by atoms with van der Waals surface area (Å²) < 4.78 is 17.4. The van der Waals surface area contributed by atoms with Crippen molar-refractivity contribution < 1.29 is 13.9 Å². The van der Waals surface area contributed by atoms with E-state index in [0.29, 0.717) is 24.7 Å². The molecule has 6 nitrogen and oxygen atoms in total. The zero-order chi connectivity index (χ0) is 18.1. The number of rotatable bonds is 5. The molecule has 25 heavy (non-hydrogen) atoms. The summed E-state index contributed by atoms with van der Waals surface area (Å²) in [6, 6.07) is 13.7. The van der Waals surface area contributed by atoms with Crippen LogP contribution in [0.3, 0.4) is 0 Å². The van der Waals surface area contributed by atoms with Crippen LogP contribution in [-0.4, -0.2) is 26.2 Å². The minimum absolute atomic E-state index is 0.253. The fourth-order valence-electron chi connectivity index (χ4n) is 2.07. The van der Waals surface area contributed by atoms with Gasteiger partial charge in [0.2, 0.25) is 0 Å². The van der Waals surface area contributed by atoms with Gasteiger partial charge in [0.25, 0.3) is 0 Å². The maximum atomic E-state index is 12.9. The minimum Gasteiger partial charge on any atom is -0.453 e. The van der Waals surface area contributed by atoms with Gasteiger partial charge in [-0.3, -0.25) is 10.3 Å². The van der Waals surface area contributed by atoms with E-state index in [1.54, 1.807) is 31.3 Å². The highest BCUT2D eigenvalue weighted by Gasteiger charge is 2.02. The summed E-state index contributed by atoms with van der Waals surface area (Å²) in [5, 5.41) is 8.95. The molecule has 2 aromatic carbocycles. The fourth-order valence-corrected chi connectivity index (χ4v) is 2.07. The molecular weight excluding hydrogens is 323 g/mol. The summed E-state index contributed by atoms with van der Waals surface area (Å²) in [5.74, 6) is 0.387. The first-order valence-corrected chi connectivity index (χ1v) is 7.73. The molecule has 0 aliphatic heterocycles. The Balaban J connectivity index is 1.81. The Labute approximate surface area is 146 Å². The summed E-state index contributed by atoms with van der Waals surface area (Å²) in [6.07, 6.45) is -0.503. The van der Waals surface area contributed by atoms with Crippen LogP contribution in [-0.2, 0) is 17.8 Å². The standard InChI is InChI=1S/C18H21FN4O2/c1-20-17(21-11-13-3-7-15(19)8-4-13)22-12-14-5-9-16(10-6-14)23-18(24)25-2/h3-10H,11-12H2,1-2H3,(H,23,24)(H2,20,21,22). The van der Waals surface area contributed by atoms with E-state index in [2.05, 4.69) is 25.7 Å². The Morgan fingerprint density at radius 2 is 1.52 bits per heavy atom. The predicted molar refractivity (Wildman–Crippen MR) is 95.9 cm³/mol. The second kappa shape index (κ2) is 9.27. The van der Waals surface area contributed by atoms with Crippen LogP contribution in [0, 0.1) is 5.82 Å². The minimum atomic E-state index is -0.503. The van der Waals surface area contributed by atoms with Crippen molar-refractivity contribution in [3.05, 3.63) is 65.5 Å². The molecule has 0 saturated heterocycles. The van der Waals surface area contributed by atoms with Crippen LogP contribution in [0.15, 0.2) is 53.5 Å². The van der Waals surface area contributed by atoms with Gasteiger partial charge >= 0.3 is 6.09 Å². The average molecular weight is 344 g/mol. The van der Waals surface area contributed by atoms with Gasteiger partial charge in [-0.2, -0.15) is 0 Å². The number of benzene rings is 2. The lowest BCUT2D eigenvalue weighted by Gasteiger charge is -2.12. The first-order chi connectivity index (χ1) is 12.1. The maximum absolute atomic E-state index is 12.9. The zero-order valence-electron chi connectivity index (χ0n) is 14.2. The van der Waals surface area contributed by atoms with Crippen LogP contribution in [0.5, 0.6) is 0 Å². The van der Waals surface area contributed by atoms with Crippen LogP contribution >= 0.6 is 0 Å². The molecule has 0 atom stereocenters. The Morgan fingerprint density at radius 1 is 1.00 bits per heavy atom. The normalized spacial score (nSPS) is 10.9. The number of amides is 1. The van der Waals surface area contributed by atoms with Gasteiger partial charge in [0, 0.05) is 25.8 Å². The number of hydrogen-bond acceptors (Lipinski definition) is 3. The number of anilines is 1. The second-order valence-electron chi connectivity index (χ2n) is 5.22. The van der Waals surface area contributed by atoms with Gasteiger partial charge in [-0.15, -0.1) is 0 Å². The highest BCUT2D eigenvalue weighted by atomic mass is 19.1. The van der Waals surface area contributed by atoms with E-state index in [9.17, 15) is 9.18 Å². The van der Waals surface area contributed by atoms with Crippen molar-refractivity contribution in [3.63, 3.8) is 0 Å². The molecule has 0 bridgehead atoms. The monoisotopic (exact) mass is 344 g/mol. The fraction of sp³-hybridized carbons (Fsp3) is 0.222. The first-order valence-electron chi connectivity index (χ1n) is 7.73. The van der Waals surface area contributed by atoms with E-state index in [1.165, 1.54) is 19.2 Å². The third-order valence-corrected chi connectivity index (χ3v) is 3.44. The molecule has 1 amide bonds. The van der Waals surface area contributed by atoms with Crippen molar-refractivity contribution in [1.82, 2.24) is 10.6 Å². The molecule has 0 fully saturated rings. The predicted octanol–water partition coefficient (Wildman–Crippen LogP) is 2.87. The molecule has 0 unspecified atom stereocenters. The summed E-state index contributed by atoms with van der Waals surface area (Å²) in [5.41, 5.74) is 2.65. The lowest BCUT2D eigenvalue weighted by atomic mass is 10.2. The van der Waals surface area contributed by atoms with Gasteiger partial charge in [-0.05, 0) is 35.4 Å². The number of nitrogens with zero attached hydrogens (tertiary/aromatic N) is 1. The van der Waals surface area contributed by atoms with E-state index in [4.69, 9.17) is 0 Å². The Morgan fingerprint density at radius 3 is 2.00 bits per heavy atom. The SMILES string of the molecule is CN=C(NCc1ccc(F)cc1)NCc1ccc(NC(=O)OC)cc1. The van der Waals surface area contributed by atoms with Crippen molar-refractivity contribution in [3.8, 4) is 0 Å². The maximum Gasteiger partial charge on any atom is 0.411 e. The smallest absolute Gasteiger partial charge is 0.411 e. The lowest BCUT2D eigenvalue weighted by Crippen LogP contribution is -2.36. The van der Waals surface area contributed by atoms with Crippen molar-refractivity contribution >= 4 is 17.7 Å². The lowest BCUT2D eigenvalue weighted by molar-refractivity contribution is 0.187. The van der Waals surface area contributed by atoms with Crippen LogP contribution in [0.25, 0.3) is 0 Å². The number of halogens is 1. The largest absolute Gasteiger partial charge is 0.453 e. The van der Waals surface area contributed by atoms with Gasteiger partial charge < -0.3 is 15.4 Å². The quantitative estimate of drug-likeness (QED) is 0.576. The second-order valence-corrected chi connectivity index (χ2v) is 5.22. The third-order valence-electron chi connectivity index (χ3n) is 3.44. The molecule has 0 heterocycles. The average Bonchev–Trinajstić information content (AvgIpc) is 2.64. The van der Waals surface area contributed by atoms with E-state index in [1.807, 2.05) is 12.1 Å². The number of methoxy groups -OCH3 is 1. The number of ether oxygens (including phenoxy) is 1. The van der Waals surface area contributed by atoms with Crippen LogP contribution in [0.2, 0.25) is 0 Å². The van der Waals surface area contributed by atoms with Gasteiger partial charge in [0.05, 0.1) is 7.11 Å². The molecule has 3 N–H and O–H groups in total. The van der Waals surface area contributed by atoms with Crippen molar-refractivity contribution in [2.45, 2.75) is 13.1 Å². The summed E-state index contributed by atoms with van der Waals surface area (Å²) in [4.78, 5) is 15.3. The topological polar surface area (TPSA) is 74.8 Å². The van der Waals surface area contributed by atoms with Crippen molar-refractivity contribution in [2.24, 2.45) is 4.99 Å². The Hall–Kier alpha value is -3.09. The van der Waals surface area contributed by atoms with Gasteiger partial charge in [0.1, 0.15) is 5.82 Å². The molecule has 2 aromatic rings. The summed E-state index contributed by atoms with van der Waals surface area (Å²) >= 11 is 0. The molecule has 132 valence electrons. The molecule has 7 heteroatoms. The Kier molecular flexibility index (Phi) is 6.76. The molecule has 0 radical (unpaired) electrons. The van der Waals surface area contributed by atoms with Crippen molar-refractivity contribution in [1.29, 1.82) is 0 Å². The molecular formula is C18H21FN4O2. The molecule has 2 rings (SSSR count). The Bertz CT molecular complexity index is 715. The number of guanidine groups is 1. The van der Waals surface area contributed by atoms with E-state index in [0.717, 1.165) is 11.1 Å². The number of carbonyl (C=O) groups excluding carboxylic acids is 1. The number of hydrogen-bond donors (Lipinski definition) is 3. The van der Waals surface area contributed by atoms with E-state index in [-0.39, 0.29) is 5.82 Å². The van der Waals surface area contributed by atoms with Gasteiger partial charge in [-0.25, -0.2) is 9.18 Å². The van der Waals surface area contributed by atoms with Crippen LogP contribution in [0.1, 0.15) is 11.1 Å². The highest BCUT2D eigenvalue weighted by molar-refractivity contribution is 5.84. The summed E-state index contributed by atoms with van der Waals surface area (Å²) in [7, 11) is 3.00. The molecule has 0 aliphatic carbocycles. The number of nitrogens with one attached hydrogen (secondary N) is 3. The number of carbonyl (C=O) groups is 1. The first kappa shape index (κ1) is 18.3. The van der Waals surface area contributed by atoms with Crippen LogP contribution < -0.4 is 16.0 Å². The highest BCUT2D eigenvalue weighted by Crippen LogP contribution is 2.09. The molecule has 0 spiro atoms. The number of aliphatic imine (C=N–C) groups is 1. The van der Waals surface area contributed by atoms with Gasteiger partial charge in [-0.1, -0.05) is 24.3 Å². The summed E-state index contributed by atoms with van der Waals surface area (Å²) in [6.45, 7) is 1.11. The zero-order valence-corrected chi connectivity index (χ0v) is 14.2. The van der Waals surface area contributed by atoms with Gasteiger partial charge in [0.15, 0.2) is 5.96 Å².